The molecule has 1 heterocycles. The summed E-state index contributed by atoms with van der Waals surface area (Å²) in [4.78, 5) is 0. The first-order chi connectivity index (χ1) is 8.99. The van der Waals surface area contributed by atoms with Crippen molar-refractivity contribution in [2.45, 2.75) is 46.3 Å². The van der Waals surface area contributed by atoms with E-state index in [0.717, 1.165) is 30.0 Å². The molecular formula is C14H27N3O2. The van der Waals surface area contributed by atoms with E-state index in [-0.39, 0.29) is 6.10 Å². The second kappa shape index (κ2) is 7.50. The molecule has 0 aromatic carbocycles. The van der Waals surface area contributed by atoms with E-state index < -0.39 is 0 Å². The molecule has 1 unspecified atom stereocenters. The van der Waals surface area contributed by atoms with E-state index in [4.69, 9.17) is 4.74 Å². The van der Waals surface area contributed by atoms with Crippen LogP contribution >= 0.6 is 0 Å². The predicted octanol–water partition coefficient (Wildman–Crippen LogP) is 1.49. The molecule has 0 saturated heterocycles. The van der Waals surface area contributed by atoms with Gasteiger partial charge in [0.2, 0.25) is 5.88 Å². The number of hydrogen-bond donors (Lipinski definition) is 2. The van der Waals surface area contributed by atoms with Gasteiger partial charge in [-0.05, 0) is 18.8 Å². The molecule has 0 bridgehead atoms. The van der Waals surface area contributed by atoms with Gasteiger partial charge in [0.15, 0.2) is 0 Å². The van der Waals surface area contributed by atoms with Crippen LogP contribution in [0.15, 0.2) is 0 Å². The SMILES string of the molecule is CCc1nn(C)c(OC)c1CNCC(O)CC(C)C. The molecule has 0 aliphatic carbocycles. The number of aromatic nitrogens is 2. The van der Waals surface area contributed by atoms with E-state index in [2.05, 4.69) is 31.2 Å². The summed E-state index contributed by atoms with van der Waals surface area (Å²) in [5.74, 6) is 1.30. The molecular weight excluding hydrogens is 242 g/mol. The lowest BCUT2D eigenvalue weighted by molar-refractivity contribution is 0.146. The average Bonchev–Trinajstić information content (AvgIpc) is 2.64. The molecule has 1 atom stereocenters. The fourth-order valence-corrected chi connectivity index (χ4v) is 2.31. The van der Waals surface area contributed by atoms with Crippen molar-refractivity contribution in [3.05, 3.63) is 11.3 Å². The van der Waals surface area contributed by atoms with E-state index in [1.54, 1.807) is 11.8 Å². The Morgan fingerprint density at radius 2 is 2.11 bits per heavy atom. The van der Waals surface area contributed by atoms with Gasteiger partial charge < -0.3 is 15.2 Å². The highest BCUT2D eigenvalue weighted by molar-refractivity contribution is 5.31. The van der Waals surface area contributed by atoms with Crippen molar-refractivity contribution < 1.29 is 9.84 Å². The summed E-state index contributed by atoms with van der Waals surface area (Å²) >= 11 is 0. The number of nitrogens with zero attached hydrogens (tertiary/aromatic N) is 2. The first-order valence-corrected chi connectivity index (χ1v) is 6.97. The van der Waals surface area contributed by atoms with Gasteiger partial charge >= 0.3 is 0 Å². The normalized spacial score (nSPS) is 13.0. The topological polar surface area (TPSA) is 59.3 Å². The van der Waals surface area contributed by atoms with Crippen molar-refractivity contribution in [2.24, 2.45) is 13.0 Å². The Labute approximate surface area is 116 Å². The Balaban J connectivity index is 2.57. The molecule has 0 amide bonds. The maximum Gasteiger partial charge on any atom is 0.216 e. The van der Waals surface area contributed by atoms with Gasteiger partial charge in [-0.15, -0.1) is 0 Å². The summed E-state index contributed by atoms with van der Waals surface area (Å²) in [6, 6.07) is 0. The van der Waals surface area contributed by atoms with Crippen LogP contribution in [0.25, 0.3) is 0 Å². The van der Waals surface area contributed by atoms with Gasteiger partial charge in [0, 0.05) is 20.1 Å². The van der Waals surface area contributed by atoms with Crippen LogP contribution in [0.3, 0.4) is 0 Å². The third kappa shape index (κ3) is 4.51. The predicted molar refractivity (Wildman–Crippen MR) is 76.3 cm³/mol. The minimum absolute atomic E-state index is 0.298. The highest BCUT2D eigenvalue weighted by Gasteiger charge is 2.15. The summed E-state index contributed by atoms with van der Waals surface area (Å²) in [6.07, 6.45) is 1.40. The average molecular weight is 269 g/mol. The quantitative estimate of drug-likeness (QED) is 0.750. The van der Waals surface area contributed by atoms with Crippen LogP contribution in [0.5, 0.6) is 5.88 Å². The Morgan fingerprint density at radius 3 is 2.63 bits per heavy atom. The maximum absolute atomic E-state index is 9.84. The zero-order valence-corrected chi connectivity index (χ0v) is 12.7. The number of aliphatic hydroxyl groups excluding tert-OH is 1. The first-order valence-electron chi connectivity index (χ1n) is 6.97. The van der Waals surface area contributed by atoms with Crippen LogP contribution in [0, 0.1) is 5.92 Å². The minimum Gasteiger partial charge on any atom is -0.481 e. The lowest BCUT2D eigenvalue weighted by atomic mass is 10.1. The highest BCUT2D eigenvalue weighted by atomic mass is 16.5. The summed E-state index contributed by atoms with van der Waals surface area (Å²) in [6.45, 7) is 7.58. The van der Waals surface area contributed by atoms with Gasteiger partial charge in [0.1, 0.15) is 0 Å². The second-order valence-electron chi connectivity index (χ2n) is 5.33. The monoisotopic (exact) mass is 269 g/mol. The van der Waals surface area contributed by atoms with Gasteiger partial charge in [0.25, 0.3) is 0 Å². The molecule has 0 aliphatic rings. The van der Waals surface area contributed by atoms with Gasteiger partial charge in [0.05, 0.1) is 24.5 Å². The molecule has 5 heteroatoms. The smallest absolute Gasteiger partial charge is 0.216 e. The summed E-state index contributed by atoms with van der Waals surface area (Å²) < 4.78 is 7.14. The van der Waals surface area contributed by atoms with Crippen molar-refractivity contribution >= 4 is 0 Å². The molecule has 19 heavy (non-hydrogen) atoms. The lowest BCUT2D eigenvalue weighted by Crippen LogP contribution is -2.27. The van der Waals surface area contributed by atoms with Crippen molar-refractivity contribution in [3.8, 4) is 5.88 Å². The van der Waals surface area contributed by atoms with Crippen molar-refractivity contribution in [3.63, 3.8) is 0 Å². The van der Waals surface area contributed by atoms with E-state index in [0.29, 0.717) is 19.0 Å². The van der Waals surface area contributed by atoms with E-state index in [9.17, 15) is 5.11 Å². The third-order valence-electron chi connectivity index (χ3n) is 3.12. The Hall–Kier alpha value is -1.07. The summed E-state index contributed by atoms with van der Waals surface area (Å²) in [5, 5.41) is 17.6. The zero-order valence-electron chi connectivity index (χ0n) is 12.7. The van der Waals surface area contributed by atoms with Crippen molar-refractivity contribution in [1.29, 1.82) is 0 Å². The van der Waals surface area contributed by atoms with Crippen LogP contribution in [0.4, 0.5) is 0 Å². The van der Waals surface area contributed by atoms with E-state index >= 15 is 0 Å². The highest BCUT2D eigenvalue weighted by Crippen LogP contribution is 2.21. The molecule has 1 aromatic rings. The number of ether oxygens (including phenoxy) is 1. The summed E-state index contributed by atoms with van der Waals surface area (Å²) in [5.41, 5.74) is 2.13. The van der Waals surface area contributed by atoms with Gasteiger partial charge in [-0.25, -0.2) is 4.68 Å². The fraction of sp³-hybridized carbons (Fsp3) is 0.786. The maximum atomic E-state index is 9.84. The Morgan fingerprint density at radius 1 is 1.42 bits per heavy atom. The van der Waals surface area contributed by atoms with Crippen LogP contribution in [0.1, 0.15) is 38.4 Å². The van der Waals surface area contributed by atoms with Crippen molar-refractivity contribution in [2.75, 3.05) is 13.7 Å². The van der Waals surface area contributed by atoms with Crippen LogP contribution in [-0.2, 0) is 20.0 Å². The second-order valence-corrected chi connectivity index (χ2v) is 5.33. The molecule has 5 nitrogen and oxygen atoms in total. The van der Waals surface area contributed by atoms with Gasteiger partial charge in [-0.2, -0.15) is 5.10 Å². The molecule has 1 aromatic heterocycles. The molecule has 0 fully saturated rings. The fourth-order valence-electron chi connectivity index (χ4n) is 2.31. The van der Waals surface area contributed by atoms with Gasteiger partial charge in [-0.3, -0.25) is 0 Å². The van der Waals surface area contributed by atoms with E-state index in [1.165, 1.54) is 0 Å². The molecule has 0 saturated carbocycles. The number of hydrogen-bond acceptors (Lipinski definition) is 4. The lowest BCUT2D eigenvalue weighted by Gasteiger charge is -2.14. The van der Waals surface area contributed by atoms with E-state index in [1.807, 2.05) is 7.05 Å². The molecule has 0 aliphatic heterocycles. The third-order valence-corrected chi connectivity index (χ3v) is 3.12. The summed E-state index contributed by atoms with van der Waals surface area (Å²) in [7, 11) is 3.54. The first kappa shape index (κ1) is 16.0. The number of aryl methyl sites for hydroxylation is 2. The van der Waals surface area contributed by atoms with Crippen LogP contribution in [-0.4, -0.2) is 34.6 Å². The molecule has 110 valence electrons. The van der Waals surface area contributed by atoms with Gasteiger partial charge in [-0.1, -0.05) is 20.8 Å². The number of methoxy groups -OCH3 is 1. The minimum atomic E-state index is -0.298. The number of rotatable bonds is 8. The number of aliphatic hydroxyl groups is 1. The van der Waals surface area contributed by atoms with Crippen LogP contribution < -0.4 is 10.1 Å². The largest absolute Gasteiger partial charge is 0.481 e. The Bertz CT molecular complexity index is 388. The molecule has 0 radical (unpaired) electrons. The standard InChI is InChI=1S/C14H27N3O2/c1-6-13-12(14(19-5)17(4)16-13)9-15-8-11(18)7-10(2)3/h10-11,15,18H,6-9H2,1-5H3. The Kier molecular flexibility index (Phi) is 6.31. The molecule has 2 N–H and O–H groups in total. The molecule has 1 rings (SSSR count). The number of nitrogens with one attached hydrogen (secondary N) is 1. The van der Waals surface area contributed by atoms with Crippen LogP contribution in [0.2, 0.25) is 0 Å². The van der Waals surface area contributed by atoms with Crippen molar-refractivity contribution in [1.82, 2.24) is 15.1 Å². The zero-order chi connectivity index (χ0) is 14.4. The molecule has 0 spiro atoms.